The maximum atomic E-state index is 12.6. The molecular formula is C21H24N6O5S. The van der Waals surface area contributed by atoms with E-state index < -0.39 is 14.9 Å². The largest absolute Gasteiger partial charge is 0.497 e. The summed E-state index contributed by atoms with van der Waals surface area (Å²) in [6.45, 7) is 4.24. The van der Waals surface area contributed by atoms with E-state index in [-0.39, 0.29) is 22.2 Å². The van der Waals surface area contributed by atoms with Crippen LogP contribution in [-0.2, 0) is 10.0 Å². The molecule has 1 heterocycles. The Labute approximate surface area is 191 Å². The van der Waals surface area contributed by atoms with Crippen molar-refractivity contribution in [3.8, 4) is 5.75 Å². The lowest BCUT2D eigenvalue weighted by atomic mass is 10.3. The molecule has 12 heteroatoms. The van der Waals surface area contributed by atoms with Gasteiger partial charge >= 0.3 is 5.69 Å². The molecule has 0 aliphatic rings. The average molecular weight is 473 g/mol. The number of anilines is 4. The molecule has 2 N–H and O–H groups in total. The summed E-state index contributed by atoms with van der Waals surface area (Å²) in [7, 11) is -2.09. The molecule has 0 saturated heterocycles. The first-order chi connectivity index (χ1) is 15.8. The van der Waals surface area contributed by atoms with Gasteiger partial charge < -0.3 is 15.4 Å². The van der Waals surface area contributed by atoms with Crippen LogP contribution in [0.15, 0.2) is 59.8 Å². The second-order valence-electron chi connectivity index (χ2n) is 6.77. The van der Waals surface area contributed by atoms with Crippen LogP contribution in [-0.4, -0.2) is 47.8 Å². The Balaban J connectivity index is 1.89. The minimum absolute atomic E-state index is 0.00788. The highest BCUT2D eigenvalue weighted by molar-refractivity contribution is 7.89. The molecule has 2 aromatic carbocycles. The van der Waals surface area contributed by atoms with Crippen LogP contribution in [0.25, 0.3) is 0 Å². The van der Waals surface area contributed by atoms with Gasteiger partial charge in [-0.2, -0.15) is 4.31 Å². The molecule has 0 aliphatic carbocycles. The summed E-state index contributed by atoms with van der Waals surface area (Å²) in [5.74, 6) is 0.529. The van der Waals surface area contributed by atoms with Crippen LogP contribution < -0.4 is 15.4 Å². The van der Waals surface area contributed by atoms with Crippen LogP contribution in [0.3, 0.4) is 0 Å². The van der Waals surface area contributed by atoms with Gasteiger partial charge in [-0.05, 0) is 36.4 Å². The highest BCUT2D eigenvalue weighted by Gasteiger charge is 2.24. The maximum absolute atomic E-state index is 12.6. The first-order valence-electron chi connectivity index (χ1n) is 10.1. The zero-order chi connectivity index (χ0) is 24.0. The fourth-order valence-corrected chi connectivity index (χ4v) is 4.59. The highest BCUT2D eigenvalue weighted by atomic mass is 32.2. The molecule has 0 saturated carbocycles. The summed E-state index contributed by atoms with van der Waals surface area (Å²) in [4.78, 5) is 19.4. The van der Waals surface area contributed by atoms with Crippen molar-refractivity contribution in [2.75, 3.05) is 30.8 Å². The van der Waals surface area contributed by atoms with Crippen molar-refractivity contribution >= 4 is 38.7 Å². The summed E-state index contributed by atoms with van der Waals surface area (Å²) in [6.07, 6.45) is 1.19. The summed E-state index contributed by atoms with van der Waals surface area (Å²) >= 11 is 0. The number of hydrogen-bond donors (Lipinski definition) is 2. The Hall–Kier alpha value is -3.77. The fraction of sp³-hybridized carbons (Fsp3) is 0.238. The number of hydrogen-bond acceptors (Lipinski definition) is 9. The minimum Gasteiger partial charge on any atom is -0.497 e. The number of sulfonamides is 1. The van der Waals surface area contributed by atoms with Crippen LogP contribution in [0, 0.1) is 10.1 Å². The second kappa shape index (κ2) is 10.2. The number of benzene rings is 2. The van der Waals surface area contributed by atoms with Crippen molar-refractivity contribution in [3.05, 3.63) is 65.0 Å². The SMILES string of the molecule is CCN(CC)S(=O)(=O)c1ccc(Nc2ncnc(Nc3cccc(OC)c3)c2[N+](=O)[O-])cc1. The molecule has 0 fully saturated rings. The van der Waals surface area contributed by atoms with Crippen molar-refractivity contribution < 1.29 is 18.1 Å². The Bertz CT molecular complexity index is 1230. The third-order valence-corrected chi connectivity index (χ3v) is 6.86. The van der Waals surface area contributed by atoms with Gasteiger partial charge in [0.1, 0.15) is 12.1 Å². The summed E-state index contributed by atoms with van der Waals surface area (Å²) < 4.78 is 31.8. The third-order valence-electron chi connectivity index (χ3n) is 4.80. The van der Waals surface area contributed by atoms with Crippen LogP contribution in [0.4, 0.5) is 28.7 Å². The lowest BCUT2D eigenvalue weighted by Gasteiger charge is -2.18. The van der Waals surface area contributed by atoms with Gasteiger partial charge in [-0.25, -0.2) is 18.4 Å². The number of nitrogens with one attached hydrogen (secondary N) is 2. The van der Waals surface area contributed by atoms with Crippen LogP contribution >= 0.6 is 0 Å². The number of ether oxygens (including phenoxy) is 1. The molecule has 0 spiro atoms. The van der Waals surface area contributed by atoms with E-state index in [0.717, 1.165) is 0 Å². The zero-order valence-electron chi connectivity index (χ0n) is 18.3. The number of nitrogens with zero attached hydrogens (tertiary/aromatic N) is 4. The van der Waals surface area contributed by atoms with Gasteiger partial charge in [0.05, 0.1) is 16.9 Å². The molecule has 0 amide bonds. The quantitative estimate of drug-likeness (QED) is 0.332. The molecule has 0 atom stereocenters. The normalized spacial score (nSPS) is 11.3. The molecule has 11 nitrogen and oxygen atoms in total. The lowest BCUT2D eigenvalue weighted by molar-refractivity contribution is -0.383. The van der Waals surface area contributed by atoms with E-state index in [1.807, 2.05) is 0 Å². The van der Waals surface area contributed by atoms with E-state index in [9.17, 15) is 18.5 Å². The van der Waals surface area contributed by atoms with Crippen molar-refractivity contribution in [1.29, 1.82) is 0 Å². The summed E-state index contributed by atoms with van der Waals surface area (Å²) in [5, 5.41) is 17.6. The van der Waals surface area contributed by atoms with Crippen molar-refractivity contribution in [3.63, 3.8) is 0 Å². The number of aromatic nitrogens is 2. The van der Waals surface area contributed by atoms with E-state index >= 15 is 0 Å². The van der Waals surface area contributed by atoms with E-state index in [4.69, 9.17) is 4.74 Å². The molecule has 1 aromatic heterocycles. The molecule has 0 bridgehead atoms. The van der Waals surface area contributed by atoms with E-state index in [1.165, 1.54) is 42.0 Å². The van der Waals surface area contributed by atoms with Crippen molar-refractivity contribution in [1.82, 2.24) is 14.3 Å². The molecular weight excluding hydrogens is 448 g/mol. The molecule has 0 unspecified atom stereocenters. The fourth-order valence-electron chi connectivity index (χ4n) is 3.13. The van der Waals surface area contributed by atoms with Crippen LogP contribution in [0.2, 0.25) is 0 Å². The molecule has 0 radical (unpaired) electrons. The van der Waals surface area contributed by atoms with Gasteiger partial charge in [0.15, 0.2) is 0 Å². The number of rotatable bonds is 10. The smallest absolute Gasteiger partial charge is 0.353 e. The summed E-state index contributed by atoms with van der Waals surface area (Å²) in [6, 6.07) is 12.8. The molecule has 33 heavy (non-hydrogen) atoms. The Morgan fingerprint density at radius 2 is 1.61 bits per heavy atom. The standard InChI is InChI=1S/C21H24N6O5S/c1-4-26(5-2)33(30,31)18-11-9-15(10-12-18)24-20-19(27(28)29)21(23-14-22-20)25-16-7-6-8-17(13-16)32-3/h6-14H,4-5H2,1-3H3,(H2,22,23,24,25). The topological polar surface area (TPSA) is 140 Å². The van der Waals surface area contributed by atoms with E-state index in [1.54, 1.807) is 38.1 Å². The van der Waals surface area contributed by atoms with E-state index in [0.29, 0.717) is 30.2 Å². The van der Waals surface area contributed by atoms with Gasteiger partial charge in [-0.1, -0.05) is 19.9 Å². The van der Waals surface area contributed by atoms with Gasteiger partial charge in [0, 0.05) is 30.5 Å². The lowest BCUT2D eigenvalue weighted by Crippen LogP contribution is -2.30. The van der Waals surface area contributed by atoms with Crippen molar-refractivity contribution in [2.24, 2.45) is 0 Å². The average Bonchev–Trinajstić information content (AvgIpc) is 2.80. The highest BCUT2D eigenvalue weighted by Crippen LogP contribution is 2.33. The molecule has 3 aromatic rings. The van der Waals surface area contributed by atoms with Gasteiger partial charge in [-0.3, -0.25) is 10.1 Å². The Kier molecular flexibility index (Phi) is 7.41. The van der Waals surface area contributed by atoms with E-state index in [2.05, 4.69) is 20.6 Å². The predicted molar refractivity (Wildman–Crippen MR) is 125 cm³/mol. The first-order valence-corrected chi connectivity index (χ1v) is 11.5. The number of methoxy groups -OCH3 is 1. The third kappa shape index (κ3) is 5.35. The van der Waals surface area contributed by atoms with Crippen LogP contribution in [0.1, 0.15) is 13.8 Å². The Morgan fingerprint density at radius 3 is 2.15 bits per heavy atom. The zero-order valence-corrected chi connectivity index (χ0v) is 19.2. The molecule has 0 aliphatic heterocycles. The van der Waals surface area contributed by atoms with Crippen LogP contribution in [0.5, 0.6) is 5.75 Å². The van der Waals surface area contributed by atoms with Gasteiger partial charge in [0.2, 0.25) is 21.7 Å². The predicted octanol–water partition coefficient (Wildman–Crippen LogP) is 3.91. The molecule has 3 rings (SSSR count). The van der Waals surface area contributed by atoms with Gasteiger partial charge in [0.25, 0.3) is 0 Å². The Morgan fingerprint density at radius 1 is 1.00 bits per heavy atom. The second-order valence-corrected chi connectivity index (χ2v) is 8.71. The summed E-state index contributed by atoms with van der Waals surface area (Å²) in [5.41, 5.74) is 0.621. The number of nitro groups is 1. The van der Waals surface area contributed by atoms with Crippen molar-refractivity contribution in [2.45, 2.75) is 18.7 Å². The van der Waals surface area contributed by atoms with Gasteiger partial charge in [-0.15, -0.1) is 0 Å². The monoisotopic (exact) mass is 472 g/mol. The first kappa shape index (κ1) is 23.9. The maximum Gasteiger partial charge on any atom is 0.353 e. The minimum atomic E-state index is -3.61. The molecule has 174 valence electrons.